The van der Waals surface area contributed by atoms with E-state index in [1.54, 1.807) is 19.2 Å². The number of rotatable bonds is 3. The van der Waals surface area contributed by atoms with Crippen molar-refractivity contribution in [2.24, 2.45) is 0 Å². The maximum Gasteiger partial charge on any atom is 0.322 e. The molecule has 1 heterocycles. The van der Waals surface area contributed by atoms with E-state index in [1.165, 1.54) is 0 Å². The smallest absolute Gasteiger partial charge is 0.322 e. The molecule has 0 aliphatic carbocycles. The molecule has 1 saturated heterocycles. The van der Waals surface area contributed by atoms with Crippen molar-refractivity contribution in [1.82, 2.24) is 4.90 Å². The van der Waals surface area contributed by atoms with Crippen molar-refractivity contribution in [3.63, 3.8) is 0 Å². The first-order valence-electron chi connectivity index (χ1n) is 5.42. The minimum absolute atomic E-state index is 0.214. The molecule has 0 radical (unpaired) electrons. The van der Waals surface area contributed by atoms with E-state index in [4.69, 9.17) is 21.1 Å². The molecule has 1 aromatic carbocycles. The normalized spacial score (nSPS) is 20.4. The minimum Gasteiger partial charge on any atom is -0.496 e. The summed E-state index contributed by atoms with van der Waals surface area (Å²) in [6.45, 7) is 3.03. The van der Waals surface area contributed by atoms with Crippen LogP contribution >= 0.6 is 11.6 Å². The Morgan fingerprint density at radius 2 is 2.35 bits per heavy atom. The van der Waals surface area contributed by atoms with E-state index < -0.39 is 0 Å². The summed E-state index contributed by atoms with van der Waals surface area (Å²) in [5.74, 6) is 0.421. The van der Waals surface area contributed by atoms with Crippen molar-refractivity contribution < 1.29 is 14.3 Å². The number of methoxy groups -OCH3 is 1. The van der Waals surface area contributed by atoms with Gasteiger partial charge in [-0.1, -0.05) is 18.5 Å². The average molecular weight is 256 g/mol. The lowest BCUT2D eigenvalue weighted by atomic mass is 10.1. The second-order valence-corrected chi connectivity index (χ2v) is 4.23. The third kappa shape index (κ3) is 2.37. The molecule has 1 atom stereocenters. The SMILES string of the molecule is CCN1CC(=O)O[C@H]1c1ccc(Cl)cc1OC. The van der Waals surface area contributed by atoms with Gasteiger partial charge in [-0.2, -0.15) is 0 Å². The van der Waals surface area contributed by atoms with Gasteiger partial charge in [0.15, 0.2) is 6.23 Å². The molecule has 92 valence electrons. The van der Waals surface area contributed by atoms with E-state index in [0.717, 1.165) is 12.1 Å². The van der Waals surface area contributed by atoms with Crippen molar-refractivity contribution in [3.05, 3.63) is 28.8 Å². The second-order valence-electron chi connectivity index (χ2n) is 3.79. The van der Waals surface area contributed by atoms with Crippen LogP contribution in [0.15, 0.2) is 18.2 Å². The van der Waals surface area contributed by atoms with Gasteiger partial charge in [0.1, 0.15) is 12.3 Å². The highest BCUT2D eigenvalue weighted by molar-refractivity contribution is 6.30. The van der Waals surface area contributed by atoms with Gasteiger partial charge in [-0.15, -0.1) is 0 Å². The van der Waals surface area contributed by atoms with Gasteiger partial charge in [-0.25, -0.2) is 0 Å². The molecule has 1 aliphatic rings. The molecule has 1 aromatic rings. The van der Waals surface area contributed by atoms with E-state index in [1.807, 2.05) is 17.9 Å². The lowest BCUT2D eigenvalue weighted by molar-refractivity contribution is -0.141. The third-order valence-corrected chi connectivity index (χ3v) is 3.01. The molecule has 0 spiro atoms. The summed E-state index contributed by atoms with van der Waals surface area (Å²) < 4.78 is 10.6. The van der Waals surface area contributed by atoms with E-state index in [0.29, 0.717) is 17.3 Å². The van der Waals surface area contributed by atoms with Crippen molar-refractivity contribution in [2.75, 3.05) is 20.2 Å². The van der Waals surface area contributed by atoms with Gasteiger partial charge in [0.25, 0.3) is 0 Å². The molecule has 2 rings (SSSR count). The molecule has 1 fully saturated rings. The zero-order valence-electron chi connectivity index (χ0n) is 9.77. The van der Waals surface area contributed by atoms with Gasteiger partial charge in [-0.3, -0.25) is 9.69 Å². The van der Waals surface area contributed by atoms with E-state index in [-0.39, 0.29) is 12.2 Å². The van der Waals surface area contributed by atoms with Crippen LogP contribution in [0.25, 0.3) is 0 Å². The minimum atomic E-state index is -0.375. The summed E-state index contributed by atoms with van der Waals surface area (Å²) in [7, 11) is 1.57. The molecule has 0 bridgehead atoms. The van der Waals surface area contributed by atoms with Crippen LogP contribution in [0, 0.1) is 0 Å². The summed E-state index contributed by atoms with van der Waals surface area (Å²) in [6, 6.07) is 5.31. The number of esters is 1. The first-order chi connectivity index (χ1) is 8.15. The predicted molar refractivity (Wildman–Crippen MR) is 64.1 cm³/mol. The number of carbonyl (C=O) groups is 1. The van der Waals surface area contributed by atoms with Crippen LogP contribution in [0.3, 0.4) is 0 Å². The first kappa shape index (κ1) is 12.2. The summed E-state index contributed by atoms with van der Waals surface area (Å²) >= 11 is 5.90. The van der Waals surface area contributed by atoms with Crippen LogP contribution in [0.4, 0.5) is 0 Å². The predicted octanol–water partition coefficient (Wildman–Crippen LogP) is 2.23. The molecule has 1 aliphatic heterocycles. The fraction of sp³-hybridized carbons (Fsp3) is 0.417. The Kier molecular flexibility index (Phi) is 3.54. The Hall–Kier alpha value is -1.26. The molecule has 0 unspecified atom stereocenters. The fourth-order valence-electron chi connectivity index (χ4n) is 1.91. The summed E-state index contributed by atoms with van der Waals surface area (Å²) in [5, 5.41) is 0.595. The molecule has 0 N–H and O–H groups in total. The highest BCUT2D eigenvalue weighted by Crippen LogP contribution is 2.35. The first-order valence-corrected chi connectivity index (χ1v) is 5.80. The molecule has 0 aromatic heterocycles. The third-order valence-electron chi connectivity index (χ3n) is 2.77. The Balaban J connectivity index is 2.36. The maximum atomic E-state index is 11.3. The number of carbonyl (C=O) groups excluding carboxylic acids is 1. The Labute approximate surface area is 105 Å². The topological polar surface area (TPSA) is 38.8 Å². The van der Waals surface area contributed by atoms with Crippen LogP contribution in [0.2, 0.25) is 5.02 Å². The number of ether oxygens (including phenoxy) is 2. The van der Waals surface area contributed by atoms with Crippen molar-refractivity contribution >= 4 is 17.6 Å². The largest absolute Gasteiger partial charge is 0.496 e. The highest BCUT2D eigenvalue weighted by Gasteiger charge is 2.33. The van der Waals surface area contributed by atoms with Gasteiger partial charge in [0.2, 0.25) is 0 Å². The van der Waals surface area contributed by atoms with E-state index >= 15 is 0 Å². The summed E-state index contributed by atoms with van der Waals surface area (Å²) in [5.41, 5.74) is 0.824. The zero-order valence-corrected chi connectivity index (χ0v) is 10.5. The Morgan fingerprint density at radius 3 is 3.00 bits per heavy atom. The molecule has 5 heteroatoms. The lowest BCUT2D eigenvalue weighted by Crippen LogP contribution is -2.24. The van der Waals surface area contributed by atoms with Crippen LogP contribution in [0.5, 0.6) is 5.75 Å². The summed E-state index contributed by atoms with van der Waals surface area (Å²) in [6.07, 6.45) is -0.375. The van der Waals surface area contributed by atoms with Crippen LogP contribution in [-0.4, -0.2) is 31.1 Å². The average Bonchev–Trinajstić information content (AvgIpc) is 2.70. The van der Waals surface area contributed by atoms with Crippen LogP contribution < -0.4 is 4.74 Å². The van der Waals surface area contributed by atoms with Crippen molar-refractivity contribution in [2.45, 2.75) is 13.2 Å². The fourth-order valence-corrected chi connectivity index (χ4v) is 2.07. The number of benzene rings is 1. The zero-order chi connectivity index (χ0) is 12.4. The van der Waals surface area contributed by atoms with Crippen LogP contribution in [-0.2, 0) is 9.53 Å². The van der Waals surface area contributed by atoms with Gasteiger partial charge in [0.05, 0.1) is 7.11 Å². The molecule has 0 saturated carbocycles. The second kappa shape index (κ2) is 4.94. The monoisotopic (exact) mass is 255 g/mol. The van der Waals surface area contributed by atoms with Crippen molar-refractivity contribution in [1.29, 1.82) is 0 Å². The van der Waals surface area contributed by atoms with E-state index in [9.17, 15) is 4.79 Å². The molecule has 0 amide bonds. The number of cyclic esters (lactones) is 1. The summed E-state index contributed by atoms with van der Waals surface area (Å²) in [4.78, 5) is 13.3. The highest BCUT2D eigenvalue weighted by atomic mass is 35.5. The van der Waals surface area contributed by atoms with Crippen LogP contribution in [0.1, 0.15) is 18.7 Å². The van der Waals surface area contributed by atoms with Gasteiger partial charge in [0, 0.05) is 10.6 Å². The van der Waals surface area contributed by atoms with Gasteiger partial charge < -0.3 is 9.47 Å². The molecule has 17 heavy (non-hydrogen) atoms. The van der Waals surface area contributed by atoms with Gasteiger partial charge in [-0.05, 0) is 24.7 Å². The maximum absolute atomic E-state index is 11.3. The van der Waals surface area contributed by atoms with E-state index in [2.05, 4.69) is 0 Å². The quantitative estimate of drug-likeness (QED) is 0.777. The standard InChI is InChI=1S/C12H14ClNO3/c1-3-14-7-11(15)17-12(14)9-5-4-8(13)6-10(9)16-2/h4-6,12H,3,7H2,1-2H3/t12-/m0/s1. The molecular formula is C12H14ClNO3. The van der Waals surface area contributed by atoms with Gasteiger partial charge >= 0.3 is 5.97 Å². The number of halogens is 1. The Morgan fingerprint density at radius 1 is 1.59 bits per heavy atom. The number of hydrogen-bond acceptors (Lipinski definition) is 4. The lowest BCUT2D eigenvalue weighted by Gasteiger charge is -2.21. The number of likely N-dealkylation sites (N-methyl/N-ethyl adjacent to an activating group) is 1. The Bertz CT molecular complexity index is 436. The molecular weight excluding hydrogens is 242 g/mol. The molecule has 4 nitrogen and oxygen atoms in total. The number of hydrogen-bond donors (Lipinski definition) is 0. The number of nitrogens with zero attached hydrogens (tertiary/aromatic N) is 1. The van der Waals surface area contributed by atoms with Crippen molar-refractivity contribution in [3.8, 4) is 5.75 Å².